The lowest BCUT2D eigenvalue weighted by Gasteiger charge is -2.21. The first-order valence-electron chi connectivity index (χ1n) is 4.88. The van der Waals surface area contributed by atoms with Crippen LogP contribution in [0.3, 0.4) is 0 Å². The first-order chi connectivity index (χ1) is 6.59. The lowest BCUT2D eigenvalue weighted by atomic mass is 10.1. The molecule has 76 valence electrons. The van der Waals surface area contributed by atoms with E-state index in [0.29, 0.717) is 17.3 Å². The molecule has 1 fully saturated rings. The van der Waals surface area contributed by atoms with Gasteiger partial charge in [0.15, 0.2) is 0 Å². The molecule has 0 bridgehead atoms. The molecule has 2 nitrogen and oxygen atoms in total. The van der Waals surface area contributed by atoms with Crippen LogP contribution in [0.5, 0.6) is 0 Å². The summed E-state index contributed by atoms with van der Waals surface area (Å²) >= 11 is 0. The molecule has 0 radical (unpaired) electrons. The van der Waals surface area contributed by atoms with E-state index in [-0.39, 0.29) is 5.82 Å². The third-order valence-corrected chi connectivity index (χ3v) is 2.78. The second-order valence-corrected chi connectivity index (χ2v) is 4.00. The zero-order valence-corrected chi connectivity index (χ0v) is 8.55. The maximum absolute atomic E-state index is 13.1. The number of halogens is 1. The Morgan fingerprint density at radius 1 is 1.43 bits per heavy atom. The smallest absolute Gasteiger partial charge is 0.128 e. The van der Waals surface area contributed by atoms with Crippen molar-refractivity contribution in [2.45, 2.75) is 25.8 Å². The molecule has 3 heteroatoms. The van der Waals surface area contributed by atoms with E-state index in [1.807, 2.05) is 13.1 Å². The first-order valence-corrected chi connectivity index (χ1v) is 4.88. The van der Waals surface area contributed by atoms with Crippen LogP contribution >= 0.6 is 0 Å². The fourth-order valence-electron chi connectivity index (χ4n) is 1.65. The van der Waals surface area contributed by atoms with Gasteiger partial charge in [-0.2, -0.15) is 0 Å². The molecule has 1 saturated carbocycles. The molecule has 0 saturated heterocycles. The van der Waals surface area contributed by atoms with Gasteiger partial charge in [0.1, 0.15) is 5.82 Å². The highest BCUT2D eigenvalue weighted by molar-refractivity contribution is 5.69. The maximum atomic E-state index is 13.1. The van der Waals surface area contributed by atoms with Crippen molar-refractivity contribution in [1.82, 2.24) is 0 Å². The van der Waals surface area contributed by atoms with Crippen molar-refractivity contribution < 1.29 is 4.39 Å². The standard InChI is InChI=1S/C11H15FN2/c1-7-5-11(10(13)6-9(7)12)14(2)8-3-4-8/h5-6,8H,3-4,13H2,1-2H3. The van der Waals surface area contributed by atoms with Crippen LogP contribution in [0.25, 0.3) is 0 Å². The molecule has 1 aliphatic carbocycles. The van der Waals surface area contributed by atoms with E-state index in [1.165, 1.54) is 18.9 Å². The van der Waals surface area contributed by atoms with Gasteiger partial charge in [-0.3, -0.25) is 0 Å². The normalized spacial score (nSPS) is 15.6. The molecule has 2 rings (SSSR count). The Bertz CT molecular complexity index is 359. The van der Waals surface area contributed by atoms with Crippen LogP contribution in [0.4, 0.5) is 15.8 Å². The van der Waals surface area contributed by atoms with Crippen molar-refractivity contribution in [1.29, 1.82) is 0 Å². The lowest BCUT2D eigenvalue weighted by molar-refractivity contribution is 0.619. The fourth-order valence-corrected chi connectivity index (χ4v) is 1.65. The molecule has 0 heterocycles. The highest BCUT2D eigenvalue weighted by atomic mass is 19.1. The van der Waals surface area contributed by atoms with Gasteiger partial charge in [0.05, 0.1) is 11.4 Å². The molecule has 2 N–H and O–H groups in total. The number of nitrogens with two attached hydrogens (primary N) is 1. The minimum atomic E-state index is -0.226. The Balaban J connectivity index is 2.36. The molecule has 0 aliphatic heterocycles. The van der Waals surface area contributed by atoms with Gasteiger partial charge in [-0.05, 0) is 37.5 Å². The summed E-state index contributed by atoms with van der Waals surface area (Å²) in [6, 6.07) is 3.83. The van der Waals surface area contributed by atoms with E-state index in [2.05, 4.69) is 4.90 Å². The van der Waals surface area contributed by atoms with Crippen LogP contribution in [0.2, 0.25) is 0 Å². The van der Waals surface area contributed by atoms with Crippen LogP contribution in [0, 0.1) is 12.7 Å². The largest absolute Gasteiger partial charge is 0.397 e. The van der Waals surface area contributed by atoms with E-state index in [0.717, 1.165) is 5.69 Å². The summed E-state index contributed by atoms with van der Waals surface area (Å²) < 4.78 is 13.1. The number of nitrogen functional groups attached to an aromatic ring is 1. The SMILES string of the molecule is Cc1cc(N(C)C2CC2)c(N)cc1F. The average Bonchev–Trinajstić information content (AvgIpc) is 2.93. The van der Waals surface area contributed by atoms with E-state index in [9.17, 15) is 4.39 Å². The highest BCUT2D eigenvalue weighted by Crippen LogP contribution is 2.34. The number of anilines is 2. The maximum Gasteiger partial charge on any atom is 0.128 e. The summed E-state index contributed by atoms with van der Waals surface area (Å²) in [5, 5.41) is 0. The molecule has 1 aromatic carbocycles. The van der Waals surface area contributed by atoms with Gasteiger partial charge in [-0.15, -0.1) is 0 Å². The van der Waals surface area contributed by atoms with Crippen molar-refractivity contribution in [3.63, 3.8) is 0 Å². The summed E-state index contributed by atoms with van der Waals surface area (Å²) in [6.07, 6.45) is 2.43. The second kappa shape index (κ2) is 3.15. The second-order valence-electron chi connectivity index (χ2n) is 4.00. The summed E-state index contributed by atoms with van der Waals surface area (Å²) in [5.74, 6) is -0.226. The van der Waals surface area contributed by atoms with E-state index in [4.69, 9.17) is 5.73 Å². The van der Waals surface area contributed by atoms with Gasteiger partial charge in [0.25, 0.3) is 0 Å². The topological polar surface area (TPSA) is 29.3 Å². The Morgan fingerprint density at radius 3 is 2.64 bits per heavy atom. The zero-order chi connectivity index (χ0) is 10.3. The van der Waals surface area contributed by atoms with E-state index >= 15 is 0 Å². The molecule has 0 atom stereocenters. The van der Waals surface area contributed by atoms with Crippen LogP contribution in [-0.4, -0.2) is 13.1 Å². The van der Waals surface area contributed by atoms with Crippen LogP contribution in [0.15, 0.2) is 12.1 Å². The van der Waals surface area contributed by atoms with Gasteiger partial charge in [-0.25, -0.2) is 4.39 Å². The molecular formula is C11H15FN2. The van der Waals surface area contributed by atoms with Crippen molar-refractivity contribution >= 4 is 11.4 Å². The quantitative estimate of drug-likeness (QED) is 0.732. The monoisotopic (exact) mass is 194 g/mol. The van der Waals surface area contributed by atoms with Gasteiger partial charge in [0.2, 0.25) is 0 Å². The Morgan fingerprint density at radius 2 is 2.07 bits per heavy atom. The van der Waals surface area contributed by atoms with Crippen molar-refractivity contribution in [3.8, 4) is 0 Å². The summed E-state index contributed by atoms with van der Waals surface area (Å²) in [5.41, 5.74) is 7.91. The third-order valence-electron chi connectivity index (χ3n) is 2.78. The minimum Gasteiger partial charge on any atom is -0.397 e. The third kappa shape index (κ3) is 1.54. The summed E-state index contributed by atoms with van der Waals surface area (Å²) in [7, 11) is 2.01. The highest BCUT2D eigenvalue weighted by Gasteiger charge is 2.27. The molecular weight excluding hydrogens is 179 g/mol. The Hall–Kier alpha value is -1.25. The molecule has 1 aromatic rings. The zero-order valence-electron chi connectivity index (χ0n) is 8.55. The van der Waals surface area contributed by atoms with Crippen molar-refractivity contribution in [2.24, 2.45) is 0 Å². The van der Waals surface area contributed by atoms with Crippen molar-refractivity contribution in [2.75, 3.05) is 17.7 Å². The molecule has 1 aliphatic rings. The predicted octanol–water partition coefficient (Wildman–Crippen LogP) is 2.31. The van der Waals surface area contributed by atoms with Crippen LogP contribution in [-0.2, 0) is 0 Å². The average molecular weight is 194 g/mol. The van der Waals surface area contributed by atoms with Gasteiger partial charge in [-0.1, -0.05) is 0 Å². The minimum absolute atomic E-state index is 0.226. The van der Waals surface area contributed by atoms with Crippen LogP contribution in [0.1, 0.15) is 18.4 Å². The predicted molar refractivity (Wildman–Crippen MR) is 57.0 cm³/mol. The first kappa shape index (κ1) is 9.31. The molecule has 0 amide bonds. The molecule has 14 heavy (non-hydrogen) atoms. The van der Waals surface area contributed by atoms with Crippen LogP contribution < -0.4 is 10.6 Å². The van der Waals surface area contributed by atoms with Gasteiger partial charge < -0.3 is 10.6 Å². The fraction of sp³-hybridized carbons (Fsp3) is 0.455. The van der Waals surface area contributed by atoms with Crippen molar-refractivity contribution in [3.05, 3.63) is 23.5 Å². The number of aryl methyl sites for hydroxylation is 1. The molecule has 0 spiro atoms. The van der Waals surface area contributed by atoms with Gasteiger partial charge in [0, 0.05) is 13.1 Å². The summed E-state index contributed by atoms with van der Waals surface area (Å²) in [4.78, 5) is 2.14. The van der Waals surface area contributed by atoms with Gasteiger partial charge >= 0.3 is 0 Å². The number of rotatable bonds is 2. The number of hydrogen-bond acceptors (Lipinski definition) is 2. The Kier molecular flexibility index (Phi) is 2.10. The number of benzene rings is 1. The summed E-state index contributed by atoms with van der Waals surface area (Å²) in [6.45, 7) is 1.76. The number of nitrogens with zero attached hydrogens (tertiary/aromatic N) is 1. The van der Waals surface area contributed by atoms with E-state index in [1.54, 1.807) is 6.92 Å². The number of hydrogen-bond donors (Lipinski definition) is 1. The Labute approximate surface area is 83.5 Å². The van der Waals surface area contributed by atoms with E-state index < -0.39 is 0 Å². The molecule has 0 unspecified atom stereocenters. The lowest BCUT2D eigenvalue weighted by Crippen LogP contribution is -2.20. The molecule has 0 aromatic heterocycles.